The van der Waals surface area contributed by atoms with Gasteiger partial charge in [0.15, 0.2) is 5.96 Å². The zero-order chi connectivity index (χ0) is 21.3. The fourth-order valence-electron chi connectivity index (χ4n) is 5.82. The van der Waals surface area contributed by atoms with E-state index in [0.29, 0.717) is 25.0 Å². The molecule has 0 spiro atoms. The Morgan fingerprint density at radius 3 is 2.45 bits per heavy atom. The first-order chi connectivity index (χ1) is 14.5. The van der Waals surface area contributed by atoms with Crippen molar-refractivity contribution in [3.05, 3.63) is 12.2 Å². The minimum atomic E-state index is -0.0872. The Labute approximate surface area is 203 Å². The summed E-state index contributed by atoms with van der Waals surface area (Å²) in [7, 11) is 1.79. The van der Waals surface area contributed by atoms with Crippen molar-refractivity contribution in [2.24, 2.45) is 34.6 Å². The molecule has 31 heavy (non-hydrogen) atoms. The number of piperidine rings is 1. The van der Waals surface area contributed by atoms with Crippen LogP contribution in [0.5, 0.6) is 0 Å². The Morgan fingerprint density at radius 1 is 1.16 bits per heavy atom. The normalized spacial score (nSPS) is 32.6. The molecule has 0 aromatic heterocycles. The molecule has 4 aliphatic rings. The van der Waals surface area contributed by atoms with Crippen LogP contribution in [0.15, 0.2) is 17.1 Å². The zero-order valence-corrected chi connectivity index (χ0v) is 21.4. The van der Waals surface area contributed by atoms with E-state index < -0.39 is 0 Å². The molecule has 8 heteroatoms. The highest BCUT2D eigenvalue weighted by atomic mass is 127. The molecule has 0 radical (unpaired) electrons. The summed E-state index contributed by atoms with van der Waals surface area (Å²) in [6.45, 7) is 8.99. The van der Waals surface area contributed by atoms with Gasteiger partial charge in [-0.2, -0.15) is 0 Å². The number of carbonyl (C=O) groups is 2. The number of imide groups is 1. The molecule has 2 aliphatic heterocycles. The van der Waals surface area contributed by atoms with Crippen molar-refractivity contribution in [2.45, 2.75) is 45.6 Å². The van der Waals surface area contributed by atoms with Gasteiger partial charge in [-0.3, -0.25) is 19.5 Å². The van der Waals surface area contributed by atoms with Crippen LogP contribution in [0.1, 0.15) is 39.5 Å². The second-order valence-electron chi connectivity index (χ2n) is 9.66. The number of guanidine groups is 1. The van der Waals surface area contributed by atoms with Gasteiger partial charge < -0.3 is 15.5 Å². The molecular weight excluding hydrogens is 505 g/mol. The number of carbonyl (C=O) groups excluding carboxylic acids is 2. The van der Waals surface area contributed by atoms with Crippen LogP contribution in [0.2, 0.25) is 0 Å². The molecule has 2 N–H and O–H groups in total. The minimum absolute atomic E-state index is 0. The third-order valence-electron chi connectivity index (χ3n) is 7.48. The number of nitrogens with zero attached hydrogens (tertiary/aromatic N) is 3. The van der Waals surface area contributed by atoms with E-state index in [1.807, 2.05) is 0 Å². The minimum Gasteiger partial charge on any atom is -0.356 e. The van der Waals surface area contributed by atoms with Crippen LogP contribution in [0, 0.1) is 29.6 Å². The van der Waals surface area contributed by atoms with Gasteiger partial charge >= 0.3 is 0 Å². The van der Waals surface area contributed by atoms with Crippen LogP contribution in [0.25, 0.3) is 0 Å². The van der Waals surface area contributed by atoms with E-state index in [-0.39, 0.29) is 59.5 Å². The number of likely N-dealkylation sites (tertiary alicyclic amines) is 2. The number of hydrogen-bond donors (Lipinski definition) is 2. The summed E-state index contributed by atoms with van der Waals surface area (Å²) in [5.74, 6) is 1.94. The first-order valence-electron chi connectivity index (χ1n) is 11.7. The summed E-state index contributed by atoms with van der Waals surface area (Å²) < 4.78 is 0. The fourth-order valence-corrected chi connectivity index (χ4v) is 5.82. The van der Waals surface area contributed by atoms with Crippen molar-refractivity contribution >= 4 is 41.8 Å². The highest BCUT2D eigenvalue weighted by molar-refractivity contribution is 14.0. The number of allylic oxidation sites excluding steroid dienone is 2. The summed E-state index contributed by atoms with van der Waals surface area (Å²) in [6, 6.07) is 0.603. The number of aliphatic imine (C=N–C) groups is 1. The van der Waals surface area contributed by atoms with Crippen LogP contribution in [0.3, 0.4) is 0 Å². The molecular formula is C23H38IN5O2. The number of rotatable bonds is 7. The van der Waals surface area contributed by atoms with Gasteiger partial charge in [0.25, 0.3) is 0 Å². The van der Waals surface area contributed by atoms with E-state index in [1.54, 1.807) is 7.05 Å². The fraction of sp³-hybridized carbons (Fsp3) is 0.783. The van der Waals surface area contributed by atoms with Crippen LogP contribution in [-0.2, 0) is 9.59 Å². The second-order valence-corrected chi connectivity index (χ2v) is 9.66. The Hall–Kier alpha value is -1.16. The van der Waals surface area contributed by atoms with Crippen LogP contribution >= 0.6 is 24.0 Å². The van der Waals surface area contributed by atoms with Crippen molar-refractivity contribution in [3.8, 4) is 0 Å². The smallest absolute Gasteiger partial charge is 0.233 e. The number of halogens is 1. The standard InChI is InChI=1S/C23H37N5O2.HI/c1-15(2)27-10-4-6-16(14-27)13-26-23(24-3)25-9-5-11-28-21(29)19-17-7-8-18(12-17)20(19)22(28)30;/h7-8,15-20H,4-6,9-14H2,1-3H3,(H2,24,25,26);1H. The quantitative estimate of drug-likeness (QED) is 0.129. The molecule has 2 heterocycles. The maximum Gasteiger partial charge on any atom is 0.233 e. The van der Waals surface area contributed by atoms with E-state index in [0.717, 1.165) is 31.9 Å². The molecule has 2 amide bonds. The molecule has 4 rings (SSSR count). The summed E-state index contributed by atoms with van der Waals surface area (Å²) in [5, 5.41) is 6.79. The molecule has 174 valence electrons. The molecule has 2 aliphatic carbocycles. The largest absolute Gasteiger partial charge is 0.356 e. The Bertz CT molecular complexity index is 695. The van der Waals surface area contributed by atoms with Crippen molar-refractivity contribution in [1.29, 1.82) is 0 Å². The monoisotopic (exact) mass is 543 g/mol. The van der Waals surface area contributed by atoms with E-state index in [4.69, 9.17) is 0 Å². The summed E-state index contributed by atoms with van der Waals surface area (Å²) in [4.78, 5) is 33.9. The molecule has 5 atom stereocenters. The molecule has 0 aromatic rings. The Morgan fingerprint density at radius 2 is 1.84 bits per heavy atom. The predicted octanol–water partition coefficient (Wildman–Crippen LogP) is 2.09. The van der Waals surface area contributed by atoms with Crippen molar-refractivity contribution in [3.63, 3.8) is 0 Å². The van der Waals surface area contributed by atoms with Gasteiger partial charge in [0.05, 0.1) is 11.8 Å². The Balaban J connectivity index is 0.00000272. The maximum absolute atomic E-state index is 12.7. The van der Waals surface area contributed by atoms with Gasteiger partial charge in [0.2, 0.25) is 11.8 Å². The number of nitrogens with one attached hydrogen (secondary N) is 2. The van der Waals surface area contributed by atoms with Gasteiger partial charge in [-0.25, -0.2) is 0 Å². The van der Waals surface area contributed by atoms with Gasteiger partial charge in [-0.05, 0) is 63.8 Å². The first kappa shape index (κ1) is 24.5. The van der Waals surface area contributed by atoms with Gasteiger partial charge in [-0.15, -0.1) is 24.0 Å². The first-order valence-corrected chi connectivity index (χ1v) is 11.7. The average Bonchev–Trinajstić information content (AvgIpc) is 3.42. The van der Waals surface area contributed by atoms with E-state index >= 15 is 0 Å². The molecule has 2 bridgehead atoms. The lowest BCUT2D eigenvalue weighted by Gasteiger charge is -2.35. The van der Waals surface area contributed by atoms with Crippen molar-refractivity contribution < 1.29 is 9.59 Å². The molecule has 1 saturated carbocycles. The van der Waals surface area contributed by atoms with Crippen LogP contribution in [-0.4, -0.2) is 73.4 Å². The van der Waals surface area contributed by atoms with Gasteiger partial charge in [0, 0.05) is 39.3 Å². The highest BCUT2D eigenvalue weighted by Gasteiger charge is 2.58. The maximum atomic E-state index is 12.7. The molecule has 7 nitrogen and oxygen atoms in total. The summed E-state index contributed by atoms with van der Waals surface area (Å²) in [5.41, 5.74) is 0. The van der Waals surface area contributed by atoms with E-state index in [9.17, 15) is 9.59 Å². The second kappa shape index (κ2) is 10.6. The van der Waals surface area contributed by atoms with Crippen LogP contribution in [0.4, 0.5) is 0 Å². The molecule has 3 fully saturated rings. The Kier molecular flexibility index (Phi) is 8.40. The summed E-state index contributed by atoms with van der Waals surface area (Å²) >= 11 is 0. The average molecular weight is 543 g/mol. The molecule has 5 unspecified atom stereocenters. The zero-order valence-electron chi connectivity index (χ0n) is 19.0. The number of amides is 2. The van der Waals surface area contributed by atoms with Crippen LogP contribution < -0.4 is 10.6 Å². The van der Waals surface area contributed by atoms with Gasteiger partial charge in [0.1, 0.15) is 0 Å². The molecule has 0 aromatic carbocycles. The van der Waals surface area contributed by atoms with Crippen molar-refractivity contribution in [2.75, 3.05) is 39.8 Å². The third-order valence-corrected chi connectivity index (χ3v) is 7.48. The van der Waals surface area contributed by atoms with E-state index in [2.05, 4.69) is 46.5 Å². The van der Waals surface area contributed by atoms with Gasteiger partial charge in [-0.1, -0.05) is 12.2 Å². The summed E-state index contributed by atoms with van der Waals surface area (Å²) in [6.07, 6.45) is 8.53. The highest BCUT2D eigenvalue weighted by Crippen LogP contribution is 2.52. The number of hydrogen-bond acceptors (Lipinski definition) is 4. The topological polar surface area (TPSA) is 77.0 Å². The third kappa shape index (κ3) is 5.10. The molecule has 2 saturated heterocycles. The lowest BCUT2D eigenvalue weighted by atomic mass is 9.85. The SMILES string of the molecule is CN=C(NCCCN1C(=O)C2C3C=CC(C3)C2C1=O)NCC1CCCN(C(C)C)C1.I. The van der Waals surface area contributed by atoms with Crippen molar-refractivity contribution in [1.82, 2.24) is 20.4 Å². The predicted molar refractivity (Wildman–Crippen MR) is 133 cm³/mol. The van der Waals surface area contributed by atoms with E-state index in [1.165, 1.54) is 24.3 Å². The lowest BCUT2D eigenvalue weighted by molar-refractivity contribution is -0.140. The number of fused-ring (bicyclic) bond motifs is 5. The lowest BCUT2D eigenvalue weighted by Crippen LogP contribution is -2.46.